The Hall–Kier alpha value is -0.460. The number of rotatable bonds is 16. The fourth-order valence-corrected chi connectivity index (χ4v) is 3.02. The second kappa shape index (κ2) is 12.8. The molecule has 1 aliphatic heterocycles. The Bertz CT molecular complexity index is 333. The average Bonchev–Trinajstić information content (AvgIpc) is 3.35. The molecule has 0 aliphatic carbocycles. The molecule has 0 aromatic carbocycles. The Labute approximate surface area is 148 Å². The van der Waals surface area contributed by atoms with Gasteiger partial charge in [0.2, 0.25) is 0 Å². The minimum absolute atomic E-state index is 0.184. The third-order valence-corrected chi connectivity index (χ3v) is 4.89. The Morgan fingerprint density at radius 1 is 0.958 bits per heavy atom. The Morgan fingerprint density at radius 3 is 2.12 bits per heavy atom. The number of hydrazine groups is 1. The number of hydrogen-bond donors (Lipinski definition) is 5. The highest BCUT2D eigenvalue weighted by Crippen LogP contribution is 2.26. The lowest BCUT2D eigenvalue weighted by molar-refractivity contribution is 0.144. The van der Waals surface area contributed by atoms with E-state index in [0.29, 0.717) is 0 Å². The second-order valence-corrected chi connectivity index (χ2v) is 7.21. The Kier molecular flexibility index (Phi) is 11.5. The normalized spacial score (nSPS) is 18.8. The molecule has 1 rings (SSSR count). The lowest BCUT2D eigenvalue weighted by Gasteiger charge is -2.11. The highest BCUT2D eigenvalue weighted by Gasteiger charge is 2.39. The van der Waals surface area contributed by atoms with Gasteiger partial charge in [-0.3, -0.25) is 0 Å². The van der Waals surface area contributed by atoms with Gasteiger partial charge in [0.15, 0.2) is 0 Å². The van der Waals surface area contributed by atoms with Gasteiger partial charge in [-0.05, 0) is 25.7 Å². The van der Waals surface area contributed by atoms with E-state index in [-0.39, 0.29) is 12.3 Å². The third-order valence-electron chi connectivity index (χ3n) is 4.89. The van der Waals surface area contributed by atoms with Crippen LogP contribution in [0.25, 0.3) is 0 Å². The fourth-order valence-electron chi connectivity index (χ4n) is 3.02. The van der Waals surface area contributed by atoms with E-state index in [1.165, 1.54) is 64.2 Å². The first kappa shape index (κ1) is 21.6. The van der Waals surface area contributed by atoms with Gasteiger partial charge in [0, 0.05) is 0 Å². The lowest BCUT2D eigenvalue weighted by atomic mass is 9.98. The summed E-state index contributed by atoms with van der Waals surface area (Å²) in [5.74, 6) is 0. The highest BCUT2D eigenvalue weighted by atomic mass is 16.3. The van der Waals surface area contributed by atoms with Gasteiger partial charge in [0.25, 0.3) is 0 Å². The zero-order chi connectivity index (χ0) is 17.7. The van der Waals surface area contributed by atoms with Crippen LogP contribution in [-0.4, -0.2) is 34.6 Å². The van der Waals surface area contributed by atoms with Gasteiger partial charge in [0.05, 0.1) is 24.4 Å². The summed E-state index contributed by atoms with van der Waals surface area (Å²) in [6.07, 6.45) is 18.0. The van der Waals surface area contributed by atoms with Gasteiger partial charge in [-0.2, -0.15) is 0 Å². The SMILES string of the molecule is CCCCCC1(CCCCCCCC/C=C/C(O)C(N)CO)NN1. The van der Waals surface area contributed by atoms with Crippen molar-refractivity contribution in [2.75, 3.05) is 6.61 Å². The molecule has 0 radical (unpaired) electrons. The number of aliphatic hydroxyl groups is 2. The highest BCUT2D eigenvalue weighted by molar-refractivity contribution is 4.94. The Morgan fingerprint density at radius 2 is 1.54 bits per heavy atom. The number of allylic oxidation sites excluding steroid dienone is 1. The van der Waals surface area contributed by atoms with E-state index in [9.17, 15) is 5.11 Å². The molecule has 5 heteroatoms. The fraction of sp³-hybridized carbons (Fsp3) is 0.895. The molecule has 0 aromatic heterocycles. The van der Waals surface area contributed by atoms with Crippen LogP contribution in [0.4, 0.5) is 0 Å². The first-order chi connectivity index (χ1) is 11.6. The smallest absolute Gasteiger partial charge is 0.0943 e. The Balaban J connectivity index is 1.88. The number of aliphatic hydroxyl groups excluding tert-OH is 2. The molecule has 142 valence electrons. The largest absolute Gasteiger partial charge is 0.395 e. The van der Waals surface area contributed by atoms with Crippen LogP contribution < -0.4 is 16.6 Å². The standard InChI is InChI=1S/C19H39N3O2/c1-2-3-11-14-19(21-22-19)15-12-9-7-5-4-6-8-10-13-18(24)17(20)16-23/h10,13,17-18,21-24H,2-9,11-12,14-16,20H2,1H3/b13-10+. The molecule has 0 saturated carbocycles. The zero-order valence-corrected chi connectivity index (χ0v) is 15.5. The maximum Gasteiger partial charge on any atom is 0.0943 e. The molecule has 6 N–H and O–H groups in total. The van der Waals surface area contributed by atoms with Crippen molar-refractivity contribution in [1.82, 2.24) is 10.9 Å². The van der Waals surface area contributed by atoms with Crippen molar-refractivity contribution in [2.45, 2.75) is 102 Å². The van der Waals surface area contributed by atoms with Crippen LogP contribution in [0.2, 0.25) is 0 Å². The molecule has 5 nitrogen and oxygen atoms in total. The summed E-state index contributed by atoms with van der Waals surface area (Å²) in [5.41, 5.74) is 12.5. The topological polar surface area (TPSA) is 110 Å². The molecular formula is C19H39N3O2. The van der Waals surface area contributed by atoms with Crippen LogP contribution in [0.15, 0.2) is 12.2 Å². The van der Waals surface area contributed by atoms with Gasteiger partial charge in [0.1, 0.15) is 0 Å². The van der Waals surface area contributed by atoms with E-state index in [2.05, 4.69) is 17.8 Å². The molecule has 1 aliphatic rings. The first-order valence-electron chi connectivity index (χ1n) is 9.89. The minimum Gasteiger partial charge on any atom is -0.395 e. The molecule has 0 aromatic rings. The van der Waals surface area contributed by atoms with Gasteiger partial charge in [-0.15, -0.1) is 0 Å². The predicted octanol–water partition coefficient (Wildman–Crippen LogP) is 2.73. The number of nitrogens with two attached hydrogens (primary N) is 1. The maximum absolute atomic E-state index is 9.57. The average molecular weight is 342 g/mol. The van der Waals surface area contributed by atoms with E-state index in [1.807, 2.05) is 6.08 Å². The molecule has 1 fully saturated rings. The number of nitrogens with one attached hydrogen (secondary N) is 2. The third kappa shape index (κ3) is 9.74. The van der Waals surface area contributed by atoms with Crippen LogP contribution in [-0.2, 0) is 0 Å². The second-order valence-electron chi connectivity index (χ2n) is 7.21. The van der Waals surface area contributed by atoms with Crippen LogP contribution >= 0.6 is 0 Å². The minimum atomic E-state index is -0.732. The predicted molar refractivity (Wildman–Crippen MR) is 100 cm³/mol. The number of hydrogen-bond acceptors (Lipinski definition) is 5. The van der Waals surface area contributed by atoms with Gasteiger partial charge < -0.3 is 15.9 Å². The van der Waals surface area contributed by atoms with Crippen molar-refractivity contribution in [3.63, 3.8) is 0 Å². The van der Waals surface area contributed by atoms with Gasteiger partial charge in [-0.1, -0.05) is 70.4 Å². The quantitative estimate of drug-likeness (QED) is 0.168. The van der Waals surface area contributed by atoms with Crippen LogP contribution in [0.3, 0.4) is 0 Å². The van der Waals surface area contributed by atoms with Crippen LogP contribution in [0.5, 0.6) is 0 Å². The van der Waals surface area contributed by atoms with E-state index < -0.39 is 12.1 Å². The lowest BCUT2D eigenvalue weighted by Crippen LogP contribution is -2.36. The van der Waals surface area contributed by atoms with E-state index in [0.717, 1.165) is 12.8 Å². The summed E-state index contributed by atoms with van der Waals surface area (Å²) in [5, 5.41) is 18.4. The van der Waals surface area contributed by atoms with E-state index in [4.69, 9.17) is 10.8 Å². The zero-order valence-electron chi connectivity index (χ0n) is 15.5. The molecule has 24 heavy (non-hydrogen) atoms. The van der Waals surface area contributed by atoms with Crippen LogP contribution in [0.1, 0.15) is 84.0 Å². The van der Waals surface area contributed by atoms with Crippen LogP contribution in [0, 0.1) is 0 Å². The van der Waals surface area contributed by atoms with Crippen molar-refractivity contribution >= 4 is 0 Å². The van der Waals surface area contributed by atoms with Crippen molar-refractivity contribution in [3.05, 3.63) is 12.2 Å². The van der Waals surface area contributed by atoms with Crippen molar-refractivity contribution in [2.24, 2.45) is 5.73 Å². The van der Waals surface area contributed by atoms with Crippen molar-refractivity contribution in [3.8, 4) is 0 Å². The summed E-state index contributed by atoms with van der Waals surface area (Å²) >= 11 is 0. The van der Waals surface area contributed by atoms with E-state index >= 15 is 0 Å². The van der Waals surface area contributed by atoms with Crippen molar-refractivity contribution < 1.29 is 10.2 Å². The summed E-state index contributed by atoms with van der Waals surface area (Å²) in [6.45, 7) is 2.07. The monoisotopic (exact) mass is 341 g/mol. The molecule has 0 bridgehead atoms. The molecule has 1 saturated heterocycles. The molecule has 2 unspecified atom stereocenters. The van der Waals surface area contributed by atoms with Crippen molar-refractivity contribution in [1.29, 1.82) is 0 Å². The summed E-state index contributed by atoms with van der Waals surface area (Å²) in [4.78, 5) is 0. The summed E-state index contributed by atoms with van der Waals surface area (Å²) in [6, 6.07) is -0.568. The summed E-state index contributed by atoms with van der Waals surface area (Å²) in [7, 11) is 0. The maximum atomic E-state index is 9.57. The molecule has 1 heterocycles. The number of unbranched alkanes of at least 4 members (excludes halogenated alkanes) is 8. The molecule has 0 amide bonds. The molecule has 2 atom stereocenters. The first-order valence-corrected chi connectivity index (χ1v) is 9.89. The summed E-state index contributed by atoms with van der Waals surface area (Å²) < 4.78 is 0. The van der Waals surface area contributed by atoms with Gasteiger partial charge >= 0.3 is 0 Å². The molecular weight excluding hydrogens is 302 g/mol. The van der Waals surface area contributed by atoms with Gasteiger partial charge in [-0.25, -0.2) is 10.9 Å². The molecule has 0 spiro atoms. The van der Waals surface area contributed by atoms with E-state index in [1.54, 1.807) is 6.08 Å².